The molecule has 0 radical (unpaired) electrons. The molecular formula is C19H17NO7. The minimum atomic E-state index is -0.991. The molecule has 1 amide bonds. The highest BCUT2D eigenvalue weighted by Gasteiger charge is 2.47. The van der Waals surface area contributed by atoms with E-state index in [0.717, 1.165) is 0 Å². The quantitative estimate of drug-likeness (QED) is 0.465. The minimum Gasteiger partial charge on any atom is -0.453 e. The molecule has 2 aromatic rings. The average Bonchev–Trinajstić information content (AvgIpc) is 3.05. The zero-order chi connectivity index (χ0) is 19.4. The van der Waals surface area contributed by atoms with Crippen LogP contribution in [0.4, 0.5) is 9.59 Å². The standard InChI is InChI=1S/C19H17NO7/c1-24-18(22)20-15(12-8-10-14(11-9-12)26-19(23)25-2)17(21)27-16(20)13-6-4-3-5-7-13/h3-11,15-16H,1-2H3/t15-,16-/m1/s1. The Balaban J connectivity index is 1.92. The van der Waals surface area contributed by atoms with E-state index in [0.29, 0.717) is 11.1 Å². The second kappa shape index (κ2) is 7.77. The molecule has 0 aliphatic carbocycles. The van der Waals surface area contributed by atoms with Gasteiger partial charge in [0.05, 0.1) is 14.2 Å². The molecule has 27 heavy (non-hydrogen) atoms. The van der Waals surface area contributed by atoms with Crippen molar-refractivity contribution in [2.45, 2.75) is 12.3 Å². The van der Waals surface area contributed by atoms with Crippen molar-refractivity contribution in [2.75, 3.05) is 14.2 Å². The van der Waals surface area contributed by atoms with Crippen molar-refractivity contribution in [1.29, 1.82) is 0 Å². The number of carbonyl (C=O) groups excluding carboxylic acids is 3. The van der Waals surface area contributed by atoms with Crippen molar-refractivity contribution in [3.05, 3.63) is 65.7 Å². The number of carbonyl (C=O) groups is 3. The number of cyclic esters (lactones) is 1. The first kappa shape index (κ1) is 18.2. The van der Waals surface area contributed by atoms with Crippen LogP contribution in [0.25, 0.3) is 0 Å². The SMILES string of the molecule is COC(=O)Oc1ccc([C@@H]2C(=O)O[C@H](c3ccccc3)N2C(=O)OC)cc1. The number of hydrogen-bond acceptors (Lipinski definition) is 7. The molecule has 0 aromatic heterocycles. The fraction of sp³-hybridized carbons (Fsp3) is 0.211. The van der Waals surface area contributed by atoms with Gasteiger partial charge in [-0.05, 0) is 17.7 Å². The second-order valence-electron chi connectivity index (χ2n) is 5.60. The summed E-state index contributed by atoms with van der Waals surface area (Å²) in [5.41, 5.74) is 1.13. The third-order valence-corrected chi connectivity index (χ3v) is 4.02. The number of hydrogen-bond donors (Lipinski definition) is 0. The number of benzene rings is 2. The molecule has 0 spiro atoms. The van der Waals surface area contributed by atoms with Crippen molar-refractivity contribution in [1.82, 2.24) is 4.90 Å². The lowest BCUT2D eigenvalue weighted by Gasteiger charge is -2.25. The first-order valence-electron chi connectivity index (χ1n) is 8.02. The molecule has 0 N–H and O–H groups in total. The van der Waals surface area contributed by atoms with Crippen LogP contribution in [0.2, 0.25) is 0 Å². The predicted octanol–water partition coefficient (Wildman–Crippen LogP) is 3.20. The highest BCUT2D eigenvalue weighted by molar-refractivity contribution is 5.86. The zero-order valence-corrected chi connectivity index (χ0v) is 14.7. The lowest BCUT2D eigenvalue weighted by atomic mass is 10.1. The summed E-state index contributed by atoms with van der Waals surface area (Å²) in [6, 6.07) is 14.0. The van der Waals surface area contributed by atoms with Crippen LogP contribution in [0.3, 0.4) is 0 Å². The first-order valence-corrected chi connectivity index (χ1v) is 8.02. The van der Waals surface area contributed by atoms with E-state index < -0.39 is 30.5 Å². The molecule has 3 rings (SSSR count). The Bertz CT molecular complexity index is 835. The van der Waals surface area contributed by atoms with Gasteiger partial charge >= 0.3 is 18.2 Å². The molecule has 2 aromatic carbocycles. The molecule has 0 bridgehead atoms. The molecule has 1 aliphatic heterocycles. The number of methoxy groups -OCH3 is 2. The molecule has 0 saturated carbocycles. The summed E-state index contributed by atoms with van der Waals surface area (Å²) in [7, 11) is 2.43. The Labute approximate surface area is 155 Å². The number of amides is 1. The van der Waals surface area contributed by atoms with Crippen LogP contribution in [-0.2, 0) is 19.0 Å². The van der Waals surface area contributed by atoms with Crippen molar-refractivity contribution < 1.29 is 33.3 Å². The van der Waals surface area contributed by atoms with Gasteiger partial charge < -0.3 is 18.9 Å². The summed E-state index contributed by atoms with van der Waals surface area (Å²) < 4.78 is 19.6. The number of esters is 1. The molecular weight excluding hydrogens is 354 g/mol. The maximum absolute atomic E-state index is 12.5. The topological polar surface area (TPSA) is 91.4 Å². The Morgan fingerprint density at radius 1 is 0.926 bits per heavy atom. The fourth-order valence-electron chi connectivity index (χ4n) is 2.79. The zero-order valence-electron chi connectivity index (χ0n) is 14.7. The van der Waals surface area contributed by atoms with Crippen LogP contribution in [0.5, 0.6) is 5.75 Å². The third kappa shape index (κ3) is 3.69. The van der Waals surface area contributed by atoms with E-state index in [-0.39, 0.29) is 5.75 Å². The predicted molar refractivity (Wildman–Crippen MR) is 91.7 cm³/mol. The van der Waals surface area contributed by atoms with Crippen LogP contribution in [0.1, 0.15) is 23.4 Å². The number of ether oxygens (including phenoxy) is 4. The monoisotopic (exact) mass is 371 g/mol. The van der Waals surface area contributed by atoms with Gasteiger partial charge in [0.15, 0.2) is 6.04 Å². The summed E-state index contributed by atoms with van der Waals surface area (Å²) in [5, 5.41) is 0. The van der Waals surface area contributed by atoms with Crippen LogP contribution in [-0.4, -0.2) is 37.3 Å². The second-order valence-corrected chi connectivity index (χ2v) is 5.60. The van der Waals surface area contributed by atoms with Crippen LogP contribution < -0.4 is 4.74 Å². The smallest absolute Gasteiger partial charge is 0.453 e. The summed E-state index contributed by atoms with van der Waals surface area (Å²) in [4.78, 5) is 37.3. The third-order valence-electron chi connectivity index (χ3n) is 4.02. The Kier molecular flexibility index (Phi) is 5.25. The fourth-order valence-corrected chi connectivity index (χ4v) is 2.79. The van der Waals surface area contributed by atoms with E-state index in [2.05, 4.69) is 4.74 Å². The van der Waals surface area contributed by atoms with Crippen LogP contribution in [0.15, 0.2) is 54.6 Å². The Hall–Kier alpha value is -3.55. The van der Waals surface area contributed by atoms with Crippen molar-refractivity contribution >= 4 is 18.2 Å². The highest BCUT2D eigenvalue weighted by Crippen LogP contribution is 2.40. The maximum Gasteiger partial charge on any atom is 0.513 e. The molecule has 1 saturated heterocycles. The lowest BCUT2D eigenvalue weighted by Crippen LogP contribution is -2.34. The van der Waals surface area contributed by atoms with E-state index in [9.17, 15) is 14.4 Å². The van der Waals surface area contributed by atoms with E-state index in [1.807, 2.05) is 6.07 Å². The van der Waals surface area contributed by atoms with Crippen LogP contribution in [0, 0.1) is 0 Å². The minimum absolute atomic E-state index is 0.237. The van der Waals surface area contributed by atoms with Gasteiger partial charge in [0.1, 0.15) is 5.75 Å². The Morgan fingerprint density at radius 3 is 2.19 bits per heavy atom. The molecule has 2 atom stereocenters. The maximum atomic E-state index is 12.5. The van der Waals surface area contributed by atoms with Crippen LogP contribution >= 0.6 is 0 Å². The van der Waals surface area contributed by atoms with E-state index in [4.69, 9.17) is 14.2 Å². The molecule has 1 aliphatic rings. The van der Waals surface area contributed by atoms with Gasteiger partial charge in [-0.15, -0.1) is 0 Å². The first-order chi connectivity index (χ1) is 13.0. The average molecular weight is 371 g/mol. The number of rotatable bonds is 3. The van der Waals surface area contributed by atoms with Gasteiger partial charge in [-0.1, -0.05) is 42.5 Å². The van der Waals surface area contributed by atoms with Gasteiger partial charge in [0.25, 0.3) is 0 Å². The largest absolute Gasteiger partial charge is 0.513 e. The molecule has 140 valence electrons. The molecule has 0 unspecified atom stereocenters. The highest BCUT2D eigenvalue weighted by atomic mass is 16.7. The van der Waals surface area contributed by atoms with E-state index in [1.165, 1.54) is 31.3 Å². The van der Waals surface area contributed by atoms with Crippen molar-refractivity contribution in [3.8, 4) is 5.75 Å². The summed E-state index contributed by atoms with van der Waals surface area (Å²) >= 11 is 0. The van der Waals surface area contributed by atoms with Crippen molar-refractivity contribution in [2.24, 2.45) is 0 Å². The van der Waals surface area contributed by atoms with Gasteiger partial charge in [-0.3, -0.25) is 0 Å². The normalized spacial score (nSPS) is 18.6. The molecule has 8 nitrogen and oxygen atoms in total. The lowest BCUT2D eigenvalue weighted by molar-refractivity contribution is -0.143. The summed E-state index contributed by atoms with van der Waals surface area (Å²) in [6.07, 6.45) is -2.46. The van der Waals surface area contributed by atoms with E-state index >= 15 is 0 Å². The van der Waals surface area contributed by atoms with Gasteiger partial charge in [0, 0.05) is 5.56 Å². The van der Waals surface area contributed by atoms with Gasteiger partial charge in [-0.25, -0.2) is 19.3 Å². The molecule has 8 heteroatoms. The molecule has 1 fully saturated rings. The number of nitrogens with zero attached hydrogens (tertiary/aromatic N) is 1. The molecule has 1 heterocycles. The summed E-state index contributed by atoms with van der Waals surface area (Å²) in [6.45, 7) is 0. The van der Waals surface area contributed by atoms with Gasteiger partial charge in [0.2, 0.25) is 6.23 Å². The van der Waals surface area contributed by atoms with Crippen molar-refractivity contribution in [3.63, 3.8) is 0 Å². The Morgan fingerprint density at radius 2 is 1.59 bits per heavy atom. The van der Waals surface area contributed by atoms with Gasteiger partial charge in [-0.2, -0.15) is 0 Å². The summed E-state index contributed by atoms with van der Waals surface area (Å²) in [5.74, 6) is -0.350. The van der Waals surface area contributed by atoms with E-state index in [1.54, 1.807) is 36.4 Å².